The van der Waals surface area contributed by atoms with Crippen LogP contribution in [0.5, 0.6) is 0 Å². The van der Waals surface area contributed by atoms with E-state index in [1.165, 1.54) is 0 Å². The van der Waals surface area contributed by atoms with E-state index in [9.17, 15) is 26.7 Å². The summed E-state index contributed by atoms with van der Waals surface area (Å²) in [5, 5.41) is 8.04. The molecule has 13 heavy (non-hydrogen) atoms. The van der Waals surface area contributed by atoms with Crippen molar-refractivity contribution in [2.45, 2.75) is 24.6 Å². The maximum Gasteiger partial charge on any atom is 0.455 e. The Kier molecular flexibility index (Phi) is 2.59. The normalized spacial score (nSPS) is 18.1. The van der Waals surface area contributed by atoms with Crippen LogP contribution in [-0.2, 0) is 4.79 Å². The Labute approximate surface area is 69.3 Å². The number of halogens is 5. The van der Waals surface area contributed by atoms with Crippen molar-refractivity contribution in [3.63, 3.8) is 0 Å². The van der Waals surface area contributed by atoms with Crippen molar-refractivity contribution in [2.24, 2.45) is 5.73 Å². The minimum Gasteiger partial charge on any atom is -0.480 e. The Morgan fingerprint density at radius 2 is 1.54 bits per heavy atom. The summed E-state index contributed by atoms with van der Waals surface area (Å²) >= 11 is 0. The highest BCUT2D eigenvalue weighted by Crippen LogP contribution is 2.42. The van der Waals surface area contributed by atoms with Crippen LogP contribution in [0.1, 0.15) is 6.92 Å². The van der Waals surface area contributed by atoms with Gasteiger partial charge in [0.05, 0.1) is 0 Å². The van der Waals surface area contributed by atoms with Crippen LogP contribution in [0, 0.1) is 0 Å². The standard InChI is InChI=1S/C5H6F5NO2/c1-3(11,2(12)13)4(6,7)5(8,9)10/h11H2,1H3,(H,12,13)/t3-/m0/s1. The molecular weight excluding hydrogens is 201 g/mol. The Bertz CT molecular complexity index is 221. The summed E-state index contributed by atoms with van der Waals surface area (Å²) in [6, 6.07) is 0. The van der Waals surface area contributed by atoms with Crippen LogP contribution in [0.2, 0.25) is 0 Å². The molecule has 0 aromatic rings. The highest BCUT2D eigenvalue weighted by molar-refractivity contribution is 5.79. The van der Waals surface area contributed by atoms with Crippen LogP contribution in [0.3, 0.4) is 0 Å². The van der Waals surface area contributed by atoms with Crippen LogP contribution in [0.25, 0.3) is 0 Å². The number of carbonyl (C=O) groups is 1. The number of carboxylic acids is 1. The topological polar surface area (TPSA) is 63.3 Å². The highest BCUT2D eigenvalue weighted by atomic mass is 19.4. The molecule has 3 N–H and O–H groups in total. The molecule has 0 aromatic carbocycles. The molecule has 0 spiro atoms. The van der Waals surface area contributed by atoms with Gasteiger partial charge in [0.1, 0.15) is 0 Å². The fourth-order valence-electron chi connectivity index (χ4n) is 0.429. The minimum atomic E-state index is -5.98. The van der Waals surface area contributed by atoms with E-state index in [0.717, 1.165) is 0 Å². The predicted octanol–water partition coefficient (Wildman–Crippen LogP) is 0.986. The van der Waals surface area contributed by atoms with Gasteiger partial charge in [-0.3, -0.25) is 0 Å². The first-order valence-electron chi connectivity index (χ1n) is 2.91. The van der Waals surface area contributed by atoms with Gasteiger partial charge in [-0.25, -0.2) is 4.79 Å². The van der Waals surface area contributed by atoms with E-state index in [0.29, 0.717) is 0 Å². The average molecular weight is 207 g/mol. The molecule has 0 unspecified atom stereocenters. The zero-order chi connectivity index (χ0) is 11.1. The van der Waals surface area contributed by atoms with Gasteiger partial charge in [0.25, 0.3) is 0 Å². The molecule has 8 heteroatoms. The molecule has 0 heterocycles. The number of hydrogen-bond acceptors (Lipinski definition) is 2. The quantitative estimate of drug-likeness (QED) is 0.663. The highest BCUT2D eigenvalue weighted by Gasteiger charge is 2.70. The van der Waals surface area contributed by atoms with Crippen molar-refractivity contribution in [3.05, 3.63) is 0 Å². The van der Waals surface area contributed by atoms with Crippen LogP contribution < -0.4 is 5.73 Å². The van der Waals surface area contributed by atoms with Crippen molar-refractivity contribution in [1.82, 2.24) is 0 Å². The molecule has 0 fully saturated rings. The van der Waals surface area contributed by atoms with E-state index in [2.05, 4.69) is 5.73 Å². The maximum atomic E-state index is 12.3. The van der Waals surface area contributed by atoms with E-state index in [1.807, 2.05) is 0 Å². The maximum absolute atomic E-state index is 12.3. The second-order valence-corrected chi connectivity index (χ2v) is 2.58. The number of alkyl halides is 5. The molecule has 0 rings (SSSR count). The number of carboxylic acid groups (broad SMARTS) is 1. The molecular formula is C5H6F5NO2. The van der Waals surface area contributed by atoms with Gasteiger partial charge in [0.15, 0.2) is 5.54 Å². The smallest absolute Gasteiger partial charge is 0.455 e. The number of aliphatic carboxylic acids is 1. The molecule has 3 nitrogen and oxygen atoms in total. The summed E-state index contributed by atoms with van der Waals surface area (Å²) in [4.78, 5) is 10.0. The van der Waals surface area contributed by atoms with Gasteiger partial charge in [-0.2, -0.15) is 22.0 Å². The molecule has 0 aromatic heterocycles. The van der Waals surface area contributed by atoms with Gasteiger partial charge in [-0.1, -0.05) is 0 Å². The second kappa shape index (κ2) is 2.79. The minimum absolute atomic E-state index is 0.100. The average Bonchev–Trinajstić information content (AvgIpc) is 1.84. The van der Waals surface area contributed by atoms with E-state index in [1.54, 1.807) is 0 Å². The lowest BCUT2D eigenvalue weighted by Gasteiger charge is -2.30. The van der Waals surface area contributed by atoms with Crippen LogP contribution in [-0.4, -0.2) is 28.7 Å². The monoisotopic (exact) mass is 207 g/mol. The molecule has 0 aliphatic carbocycles. The summed E-state index contributed by atoms with van der Waals surface area (Å²) in [7, 11) is 0. The summed E-state index contributed by atoms with van der Waals surface area (Å²) in [5.41, 5.74) is 0.692. The fraction of sp³-hybridized carbons (Fsp3) is 0.800. The van der Waals surface area contributed by atoms with Gasteiger partial charge >= 0.3 is 18.1 Å². The van der Waals surface area contributed by atoms with E-state index >= 15 is 0 Å². The Morgan fingerprint density at radius 1 is 1.23 bits per heavy atom. The van der Waals surface area contributed by atoms with Gasteiger partial charge < -0.3 is 10.8 Å². The molecule has 78 valence electrons. The molecule has 1 atom stereocenters. The number of rotatable bonds is 2. The lowest BCUT2D eigenvalue weighted by atomic mass is 9.95. The largest absolute Gasteiger partial charge is 0.480 e. The molecule has 0 saturated carbocycles. The molecule has 0 saturated heterocycles. The predicted molar refractivity (Wildman–Crippen MR) is 31.2 cm³/mol. The zero-order valence-corrected chi connectivity index (χ0v) is 6.32. The molecule has 0 aliphatic heterocycles. The first-order chi connectivity index (χ1) is 5.44. The SMILES string of the molecule is C[C@](N)(C(=O)O)C(F)(F)C(F)(F)F. The van der Waals surface area contributed by atoms with Crippen molar-refractivity contribution < 1.29 is 31.9 Å². The summed E-state index contributed by atoms with van der Waals surface area (Å²) in [6.07, 6.45) is -5.98. The Morgan fingerprint density at radius 3 is 1.62 bits per heavy atom. The summed E-state index contributed by atoms with van der Waals surface area (Å²) in [5.74, 6) is -7.89. The summed E-state index contributed by atoms with van der Waals surface area (Å²) in [6.45, 7) is 0.100. The Balaban J connectivity index is 5.16. The third-order valence-electron chi connectivity index (χ3n) is 1.45. The van der Waals surface area contributed by atoms with E-state index in [4.69, 9.17) is 5.11 Å². The first-order valence-corrected chi connectivity index (χ1v) is 2.91. The fourth-order valence-corrected chi connectivity index (χ4v) is 0.429. The third kappa shape index (κ3) is 1.71. The third-order valence-corrected chi connectivity index (χ3v) is 1.45. The zero-order valence-electron chi connectivity index (χ0n) is 6.32. The molecule has 0 bridgehead atoms. The van der Waals surface area contributed by atoms with Crippen LogP contribution in [0.15, 0.2) is 0 Å². The second-order valence-electron chi connectivity index (χ2n) is 2.58. The summed E-state index contributed by atoms with van der Waals surface area (Å²) < 4.78 is 59.4. The Hall–Kier alpha value is -0.920. The number of hydrogen-bond donors (Lipinski definition) is 2. The lowest BCUT2D eigenvalue weighted by Crippen LogP contribution is -2.65. The van der Waals surface area contributed by atoms with Crippen molar-refractivity contribution in [3.8, 4) is 0 Å². The van der Waals surface area contributed by atoms with Crippen molar-refractivity contribution in [1.29, 1.82) is 0 Å². The molecule has 0 aliphatic rings. The van der Waals surface area contributed by atoms with E-state index < -0.39 is 23.6 Å². The van der Waals surface area contributed by atoms with Gasteiger partial charge in [0.2, 0.25) is 0 Å². The van der Waals surface area contributed by atoms with Crippen molar-refractivity contribution >= 4 is 5.97 Å². The van der Waals surface area contributed by atoms with Crippen LogP contribution >= 0.6 is 0 Å². The lowest BCUT2D eigenvalue weighted by molar-refractivity contribution is -0.303. The van der Waals surface area contributed by atoms with Gasteiger partial charge in [-0.15, -0.1) is 0 Å². The first kappa shape index (κ1) is 12.1. The van der Waals surface area contributed by atoms with Crippen molar-refractivity contribution in [2.75, 3.05) is 0 Å². The number of nitrogens with two attached hydrogens (primary N) is 1. The molecule has 0 amide bonds. The van der Waals surface area contributed by atoms with Gasteiger partial charge in [-0.05, 0) is 6.92 Å². The van der Waals surface area contributed by atoms with Crippen LogP contribution in [0.4, 0.5) is 22.0 Å². The molecule has 0 radical (unpaired) electrons. The van der Waals surface area contributed by atoms with E-state index in [-0.39, 0.29) is 6.92 Å². The van der Waals surface area contributed by atoms with Gasteiger partial charge in [0, 0.05) is 0 Å².